The van der Waals surface area contributed by atoms with Crippen LogP contribution < -0.4 is 0 Å². The van der Waals surface area contributed by atoms with Crippen molar-refractivity contribution in [1.29, 1.82) is 0 Å². The molecule has 0 fully saturated rings. The van der Waals surface area contributed by atoms with E-state index in [2.05, 4.69) is 31.9 Å². The summed E-state index contributed by atoms with van der Waals surface area (Å²) < 4.78 is 26.0. The number of hydrogen-bond acceptors (Lipinski definition) is 0. The Balaban J connectivity index is 3.29. The summed E-state index contributed by atoms with van der Waals surface area (Å²) in [5, 5.41) is 0. The van der Waals surface area contributed by atoms with Gasteiger partial charge in [-0.15, -0.1) is 0 Å². The van der Waals surface area contributed by atoms with Gasteiger partial charge in [-0.25, -0.2) is 8.78 Å². The second-order valence-electron chi connectivity index (χ2n) is 1.96. The molecule has 1 aromatic carbocycles. The first kappa shape index (κ1) is 9.13. The second-order valence-corrected chi connectivity index (χ2v) is 3.60. The smallest absolute Gasteiger partial charge is 0.130 e. The van der Waals surface area contributed by atoms with Crippen molar-refractivity contribution < 1.29 is 8.78 Å². The van der Waals surface area contributed by atoms with Crippen LogP contribution in [0.2, 0.25) is 0 Å². The third kappa shape index (κ3) is 1.79. The largest absolute Gasteiger partial charge is 0.246 e. The molecule has 0 saturated heterocycles. The summed E-state index contributed by atoms with van der Waals surface area (Å²) in [6, 6.07) is 2.75. The van der Waals surface area contributed by atoms with Gasteiger partial charge in [0.2, 0.25) is 0 Å². The number of rotatable bonds is 1. The molecule has 0 aliphatic carbocycles. The van der Waals surface area contributed by atoms with E-state index >= 15 is 0 Å². The van der Waals surface area contributed by atoms with Gasteiger partial charge in [0.25, 0.3) is 0 Å². The van der Waals surface area contributed by atoms with E-state index in [1.165, 1.54) is 12.1 Å². The predicted molar refractivity (Wildman–Crippen MR) is 46.6 cm³/mol. The van der Waals surface area contributed by atoms with Gasteiger partial charge in [0.15, 0.2) is 0 Å². The van der Waals surface area contributed by atoms with Crippen LogP contribution in [-0.4, -0.2) is 0 Å². The number of benzene rings is 1. The molecule has 0 nitrogen and oxygen atoms in total. The standard InChI is InChI=1S/C7H4Br2F2/c8-5-1-2-6(11)4(3-10)7(5)9/h1-2H,3H2. The van der Waals surface area contributed by atoms with Gasteiger partial charge in [0, 0.05) is 14.5 Å². The zero-order valence-electron chi connectivity index (χ0n) is 5.37. The van der Waals surface area contributed by atoms with Crippen LogP contribution in [0.3, 0.4) is 0 Å². The first-order chi connectivity index (χ1) is 5.16. The highest BCUT2D eigenvalue weighted by Crippen LogP contribution is 2.29. The zero-order chi connectivity index (χ0) is 8.43. The van der Waals surface area contributed by atoms with E-state index in [1.54, 1.807) is 0 Å². The van der Waals surface area contributed by atoms with Crippen molar-refractivity contribution in [3.05, 3.63) is 32.5 Å². The molecule has 0 aliphatic heterocycles. The first-order valence-electron chi connectivity index (χ1n) is 2.85. The molecule has 0 aromatic heterocycles. The summed E-state index contributed by atoms with van der Waals surface area (Å²) in [5.41, 5.74) is 0.0550. The molecule has 0 unspecified atom stereocenters. The highest BCUT2D eigenvalue weighted by molar-refractivity contribution is 9.13. The highest BCUT2D eigenvalue weighted by atomic mass is 79.9. The molecule has 0 atom stereocenters. The summed E-state index contributed by atoms with van der Waals surface area (Å²) in [7, 11) is 0. The van der Waals surface area contributed by atoms with Crippen LogP contribution in [0.25, 0.3) is 0 Å². The van der Waals surface area contributed by atoms with E-state index in [4.69, 9.17) is 0 Å². The van der Waals surface area contributed by atoms with Crippen LogP contribution in [0.4, 0.5) is 8.78 Å². The molecule has 60 valence electrons. The molecular formula is C7H4Br2F2. The van der Waals surface area contributed by atoms with E-state index in [-0.39, 0.29) is 5.56 Å². The van der Waals surface area contributed by atoms with Crippen LogP contribution in [0.1, 0.15) is 5.56 Å². The zero-order valence-corrected chi connectivity index (χ0v) is 8.55. The molecule has 1 aromatic rings. The van der Waals surface area contributed by atoms with Crippen molar-refractivity contribution in [3.63, 3.8) is 0 Å². The predicted octanol–water partition coefficient (Wildman–Crippen LogP) is 3.82. The molecule has 0 amide bonds. The molecule has 0 bridgehead atoms. The van der Waals surface area contributed by atoms with Gasteiger partial charge < -0.3 is 0 Å². The van der Waals surface area contributed by atoms with Crippen molar-refractivity contribution in [2.75, 3.05) is 0 Å². The fraction of sp³-hybridized carbons (Fsp3) is 0.143. The highest BCUT2D eigenvalue weighted by Gasteiger charge is 2.08. The minimum Gasteiger partial charge on any atom is -0.246 e. The lowest BCUT2D eigenvalue weighted by Crippen LogP contribution is -1.88. The Kier molecular flexibility index (Phi) is 3.01. The average molecular weight is 286 g/mol. The van der Waals surface area contributed by atoms with Crippen molar-refractivity contribution >= 4 is 31.9 Å². The summed E-state index contributed by atoms with van der Waals surface area (Å²) in [4.78, 5) is 0. The summed E-state index contributed by atoms with van der Waals surface area (Å²) in [5.74, 6) is -0.525. The Hall–Kier alpha value is 0.0400. The maximum Gasteiger partial charge on any atom is 0.130 e. The lowest BCUT2D eigenvalue weighted by Gasteiger charge is -2.02. The van der Waals surface area contributed by atoms with Crippen LogP contribution in [-0.2, 0) is 6.67 Å². The van der Waals surface area contributed by atoms with E-state index < -0.39 is 12.5 Å². The Bertz CT molecular complexity index is 273. The quantitative estimate of drug-likeness (QED) is 0.688. The third-order valence-corrected chi connectivity index (χ3v) is 3.37. The van der Waals surface area contributed by atoms with E-state index in [1.807, 2.05) is 0 Å². The molecule has 11 heavy (non-hydrogen) atoms. The van der Waals surface area contributed by atoms with Crippen molar-refractivity contribution in [1.82, 2.24) is 0 Å². The second kappa shape index (κ2) is 3.63. The van der Waals surface area contributed by atoms with Gasteiger partial charge in [0.1, 0.15) is 12.5 Å². The third-order valence-electron chi connectivity index (χ3n) is 1.27. The van der Waals surface area contributed by atoms with Gasteiger partial charge >= 0.3 is 0 Å². The van der Waals surface area contributed by atoms with Gasteiger partial charge in [-0.1, -0.05) is 0 Å². The Morgan fingerprint density at radius 2 is 1.91 bits per heavy atom. The lowest BCUT2D eigenvalue weighted by atomic mass is 10.2. The van der Waals surface area contributed by atoms with Gasteiger partial charge in [-0.05, 0) is 44.0 Å². The number of halogens is 4. The van der Waals surface area contributed by atoms with Crippen LogP contribution >= 0.6 is 31.9 Å². The van der Waals surface area contributed by atoms with Crippen LogP contribution in [0, 0.1) is 5.82 Å². The maximum atomic E-state index is 12.7. The Morgan fingerprint density at radius 1 is 1.27 bits per heavy atom. The van der Waals surface area contributed by atoms with E-state index in [0.717, 1.165) is 0 Å². The van der Waals surface area contributed by atoms with Crippen molar-refractivity contribution in [2.24, 2.45) is 0 Å². The molecule has 0 heterocycles. The fourth-order valence-corrected chi connectivity index (χ4v) is 1.49. The van der Waals surface area contributed by atoms with Crippen molar-refractivity contribution in [2.45, 2.75) is 6.67 Å². The Labute approximate surface area is 79.9 Å². The van der Waals surface area contributed by atoms with Gasteiger partial charge in [-0.2, -0.15) is 0 Å². The minimum absolute atomic E-state index is 0.0550. The first-order valence-corrected chi connectivity index (χ1v) is 4.43. The molecule has 0 radical (unpaired) electrons. The summed E-state index contributed by atoms with van der Waals surface area (Å²) in [6.07, 6.45) is 0. The molecule has 4 heteroatoms. The Morgan fingerprint density at radius 3 is 2.36 bits per heavy atom. The molecular weight excluding hydrogens is 282 g/mol. The van der Waals surface area contributed by atoms with Gasteiger partial charge in [0.05, 0.1) is 0 Å². The lowest BCUT2D eigenvalue weighted by molar-refractivity contribution is 0.462. The number of hydrogen-bond donors (Lipinski definition) is 0. The molecule has 0 aliphatic rings. The summed E-state index contributed by atoms with van der Waals surface area (Å²) >= 11 is 6.21. The monoisotopic (exact) mass is 284 g/mol. The molecule has 0 spiro atoms. The fourth-order valence-electron chi connectivity index (χ4n) is 0.692. The topological polar surface area (TPSA) is 0 Å². The average Bonchev–Trinajstić information content (AvgIpc) is 1.99. The van der Waals surface area contributed by atoms with E-state index in [9.17, 15) is 8.78 Å². The molecule has 1 rings (SSSR count). The van der Waals surface area contributed by atoms with E-state index in [0.29, 0.717) is 8.95 Å². The van der Waals surface area contributed by atoms with Crippen LogP contribution in [0.15, 0.2) is 21.1 Å². The van der Waals surface area contributed by atoms with Crippen molar-refractivity contribution in [3.8, 4) is 0 Å². The molecule has 0 saturated carbocycles. The molecule has 0 N–H and O–H groups in total. The normalized spacial score (nSPS) is 10.2. The minimum atomic E-state index is -0.800. The SMILES string of the molecule is FCc1c(F)ccc(Br)c1Br. The van der Waals surface area contributed by atoms with Gasteiger partial charge in [-0.3, -0.25) is 0 Å². The maximum absolute atomic E-state index is 12.7. The summed E-state index contributed by atoms with van der Waals surface area (Å²) in [6.45, 7) is -0.800. The number of alkyl halides is 1. The van der Waals surface area contributed by atoms with Crippen LogP contribution in [0.5, 0.6) is 0 Å².